The number of rotatable bonds is 4. The van der Waals surface area contributed by atoms with E-state index in [0.717, 1.165) is 18.2 Å². The smallest absolute Gasteiger partial charge is 0.255 e. The van der Waals surface area contributed by atoms with Gasteiger partial charge in [-0.3, -0.25) is 4.79 Å². The summed E-state index contributed by atoms with van der Waals surface area (Å²) in [7, 11) is 0. The standard InChI is InChI=1S/C18H12F3N3O/c19-12-4-1-3-11(9-12)18(25)23-13-7-8-16(22-10-13)24-17-14(20)5-2-6-15(17)21/h1-10H,(H,22,24)(H,23,25). The first-order chi connectivity index (χ1) is 12.0. The van der Waals surface area contributed by atoms with Gasteiger partial charge in [-0.25, -0.2) is 18.2 Å². The van der Waals surface area contributed by atoms with Gasteiger partial charge in [-0.1, -0.05) is 12.1 Å². The summed E-state index contributed by atoms with van der Waals surface area (Å²) in [6.45, 7) is 0. The quantitative estimate of drug-likeness (QED) is 0.734. The van der Waals surface area contributed by atoms with Crippen LogP contribution in [0.1, 0.15) is 10.4 Å². The lowest BCUT2D eigenvalue weighted by Crippen LogP contribution is -2.12. The lowest BCUT2D eigenvalue weighted by Gasteiger charge is -2.09. The van der Waals surface area contributed by atoms with E-state index < -0.39 is 23.4 Å². The minimum atomic E-state index is -0.745. The van der Waals surface area contributed by atoms with E-state index in [1.165, 1.54) is 42.6 Å². The molecule has 1 heterocycles. The summed E-state index contributed by atoms with van der Waals surface area (Å²) >= 11 is 0. The summed E-state index contributed by atoms with van der Waals surface area (Å²) in [5, 5.41) is 5.09. The van der Waals surface area contributed by atoms with Crippen molar-refractivity contribution in [3.8, 4) is 0 Å². The number of para-hydroxylation sites is 1. The second kappa shape index (κ2) is 7.04. The molecule has 0 radical (unpaired) electrons. The molecule has 25 heavy (non-hydrogen) atoms. The average molecular weight is 343 g/mol. The summed E-state index contributed by atoms with van der Waals surface area (Å²) in [5.41, 5.74) is 0.205. The molecule has 1 aromatic heterocycles. The fraction of sp³-hybridized carbons (Fsp3) is 0. The molecule has 0 unspecified atom stereocenters. The van der Waals surface area contributed by atoms with Gasteiger partial charge in [-0.05, 0) is 42.5 Å². The van der Waals surface area contributed by atoms with Crippen molar-refractivity contribution < 1.29 is 18.0 Å². The van der Waals surface area contributed by atoms with Gasteiger partial charge in [0.25, 0.3) is 5.91 Å². The average Bonchev–Trinajstić information content (AvgIpc) is 2.60. The Balaban J connectivity index is 1.71. The van der Waals surface area contributed by atoms with Gasteiger partial charge < -0.3 is 10.6 Å². The number of carbonyl (C=O) groups is 1. The Hall–Kier alpha value is -3.35. The van der Waals surface area contributed by atoms with E-state index in [0.29, 0.717) is 5.69 Å². The van der Waals surface area contributed by atoms with Gasteiger partial charge in [0.05, 0.1) is 11.9 Å². The predicted molar refractivity (Wildman–Crippen MR) is 88.2 cm³/mol. The number of aromatic nitrogens is 1. The van der Waals surface area contributed by atoms with E-state index in [9.17, 15) is 18.0 Å². The topological polar surface area (TPSA) is 54.0 Å². The molecular formula is C18H12F3N3O. The zero-order valence-electron chi connectivity index (χ0n) is 12.8. The Labute approximate surface area is 141 Å². The summed E-state index contributed by atoms with van der Waals surface area (Å²) in [6.07, 6.45) is 1.32. The second-order valence-electron chi connectivity index (χ2n) is 5.12. The zero-order chi connectivity index (χ0) is 17.8. The normalized spacial score (nSPS) is 10.4. The van der Waals surface area contributed by atoms with Crippen LogP contribution in [0.25, 0.3) is 0 Å². The van der Waals surface area contributed by atoms with E-state index in [4.69, 9.17) is 0 Å². The maximum Gasteiger partial charge on any atom is 0.255 e. The van der Waals surface area contributed by atoms with Crippen LogP contribution in [0.3, 0.4) is 0 Å². The van der Waals surface area contributed by atoms with E-state index in [1.54, 1.807) is 0 Å². The van der Waals surface area contributed by atoms with Crippen molar-refractivity contribution in [2.24, 2.45) is 0 Å². The molecule has 3 aromatic rings. The van der Waals surface area contributed by atoms with Crippen LogP contribution >= 0.6 is 0 Å². The van der Waals surface area contributed by atoms with Gasteiger partial charge in [0.15, 0.2) is 0 Å². The molecule has 3 rings (SSSR count). The molecule has 2 aromatic carbocycles. The van der Waals surface area contributed by atoms with Crippen LogP contribution in [0.15, 0.2) is 60.8 Å². The first-order valence-corrected chi connectivity index (χ1v) is 7.27. The molecule has 0 aliphatic heterocycles. The number of amides is 1. The van der Waals surface area contributed by atoms with Crippen molar-refractivity contribution in [2.45, 2.75) is 0 Å². The third-order valence-electron chi connectivity index (χ3n) is 3.32. The molecular weight excluding hydrogens is 331 g/mol. The molecule has 0 aliphatic carbocycles. The highest BCUT2D eigenvalue weighted by Gasteiger charge is 2.10. The molecule has 2 N–H and O–H groups in total. The zero-order valence-corrected chi connectivity index (χ0v) is 12.8. The first kappa shape index (κ1) is 16.5. The van der Waals surface area contributed by atoms with E-state index in [-0.39, 0.29) is 17.1 Å². The van der Waals surface area contributed by atoms with Gasteiger partial charge in [0, 0.05) is 5.56 Å². The Morgan fingerprint density at radius 3 is 2.28 bits per heavy atom. The van der Waals surface area contributed by atoms with Crippen molar-refractivity contribution in [3.05, 3.63) is 83.8 Å². The molecule has 4 nitrogen and oxygen atoms in total. The highest BCUT2D eigenvalue weighted by molar-refractivity contribution is 6.04. The van der Waals surface area contributed by atoms with Crippen molar-refractivity contribution in [2.75, 3.05) is 10.6 Å². The van der Waals surface area contributed by atoms with Crippen LogP contribution < -0.4 is 10.6 Å². The molecule has 0 atom stereocenters. The number of hydrogen-bond donors (Lipinski definition) is 2. The van der Waals surface area contributed by atoms with Crippen molar-refractivity contribution >= 4 is 23.1 Å². The fourth-order valence-corrected chi connectivity index (χ4v) is 2.12. The van der Waals surface area contributed by atoms with Crippen LogP contribution in [-0.2, 0) is 0 Å². The molecule has 7 heteroatoms. The van der Waals surface area contributed by atoms with E-state index in [1.807, 2.05) is 0 Å². The summed E-state index contributed by atoms with van der Waals surface area (Å²) in [6, 6.07) is 11.7. The maximum atomic E-state index is 13.6. The molecule has 126 valence electrons. The number of nitrogens with zero attached hydrogens (tertiary/aromatic N) is 1. The Bertz CT molecular complexity index is 893. The predicted octanol–water partition coefficient (Wildman–Crippen LogP) is 4.49. The van der Waals surface area contributed by atoms with Gasteiger partial charge in [0.1, 0.15) is 29.0 Å². The lowest BCUT2D eigenvalue weighted by molar-refractivity contribution is 0.102. The maximum absolute atomic E-state index is 13.6. The summed E-state index contributed by atoms with van der Waals surface area (Å²) in [4.78, 5) is 16.0. The second-order valence-corrected chi connectivity index (χ2v) is 5.12. The van der Waals surface area contributed by atoms with Crippen LogP contribution in [0.4, 0.5) is 30.4 Å². The third-order valence-corrected chi connectivity index (χ3v) is 3.32. The number of pyridine rings is 1. The monoisotopic (exact) mass is 343 g/mol. The Morgan fingerprint density at radius 2 is 1.64 bits per heavy atom. The number of nitrogens with one attached hydrogen (secondary N) is 2. The lowest BCUT2D eigenvalue weighted by atomic mass is 10.2. The molecule has 1 amide bonds. The molecule has 0 spiro atoms. The molecule has 0 bridgehead atoms. The number of benzene rings is 2. The minimum Gasteiger partial charge on any atom is -0.335 e. The van der Waals surface area contributed by atoms with E-state index >= 15 is 0 Å². The van der Waals surface area contributed by atoms with Gasteiger partial charge >= 0.3 is 0 Å². The van der Waals surface area contributed by atoms with Crippen molar-refractivity contribution in [1.29, 1.82) is 0 Å². The van der Waals surface area contributed by atoms with Crippen LogP contribution in [-0.4, -0.2) is 10.9 Å². The Morgan fingerprint density at radius 1 is 0.920 bits per heavy atom. The molecule has 0 fully saturated rings. The Kier molecular flexibility index (Phi) is 4.65. The molecule has 0 aliphatic rings. The highest BCUT2D eigenvalue weighted by atomic mass is 19.1. The van der Waals surface area contributed by atoms with Crippen molar-refractivity contribution in [3.63, 3.8) is 0 Å². The summed E-state index contributed by atoms with van der Waals surface area (Å²) < 4.78 is 40.3. The van der Waals surface area contributed by atoms with Crippen LogP contribution in [0, 0.1) is 17.5 Å². The highest BCUT2D eigenvalue weighted by Crippen LogP contribution is 2.22. The number of hydrogen-bond acceptors (Lipinski definition) is 3. The van der Waals surface area contributed by atoms with Crippen LogP contribution in [0.2, 0.25) is 0 Å². The van der Waals surface area contributed by atoms with Crippen molar-refractivity contribution in [1.82, 2.24) is 4.98 Å². The van der Waals surface area contributed by atoms with Gasteiger partial charge in [-0.15, -0.1) is 0 Å². The number of anilines is 3. The van der Waals surface area contributed by atoms with Gasteiger partial charge in [0.2, 0.25) is 0 Å². The minimum absolute atomic E-state index is 0.163. The first-order valence-electron chi connectivity index (χ1n) is 7.27. The number of halogens is 3. The molecule has 0 saturated heterocycles. The fourth-order valence-electron chi connectivity index (χ4n) is 2.12. The largest absolute Gasteiger partial charge is 0.335 e. The third kappa shape index (κ3) is 3.95. The SMILES string of the molecule is O=C(Nc1ccc(Nc2c(F)cccc2F)nc1)c1cccc(F)c1. The summed E-state index contributed by atoms with van der Waals surface area (Å²) in [5.74, 6) is -2.30. The van der Waals surface area contributed by atoms with E-state index in [2.05, 4.69) is 15.6 Å². The number of carbonyl (C=O) groups excluding carboxylic acids is 1. The van der Waals surface area contributed by atoms with Gasteiger partial charge in [-0.2, -0.15) is 0 Å². The molecule has 0 saturated carbocycles. The van der Waals surface area contributed by atoms with Crippen LogP contribution in [0.5, 0.6) is 0 Å².